The number of carbonyl (C=O) groups is 1. The summed E-state index contributed by atoms with van der Waals surface area (Å²) in [6.07, 6.45) is 1.85. The van der Waals surface area contributed by atoms with E-state index in [1.54, 1.807) is 24.3 Å². The highest BCUT2D eigenvalue weighted by atomic mass is 35.5. The predicted molar refractivity (Wildman–Crippen MR) is 109 cm³/mol. The Morgan fingerprint density at radius 3 is 2.76 bits per heavy atom. The van der Waals surface area contributed by atoms with Crippen LogP contribution in [0.15, 0.2) is 51.9 Å². The van der Waals surface area contributed by atoms with Crippen LogP contribution >= 0.6 is 23.2 Å². The number of fused-ring (bicyclic) bond motifs is 1. The van der Waals surface area contributed by atoms with Gasteiger partial charge in [0.1, 0.15) is 22.7 Å². The van der Waals surface area contributed by atoms with Crippen LogP contribution in [-0.4, -0.2) is 25.2 Å². The van der Waals surface area contributed by atoms with E-state index in [1.807, 2.05) is 0 Å². The van der Waals surface area contributed by atoms with Crippen molar-refractivity contribution in [1.82, 2.24) is 5.32 Å². The van der Waals surface area contributed by atoms with Gasteiger partial charge in [-0.05, 0) is 55.3 Å². The van der Waals surface area contributed by atoms with Gasteiger partial charge in [-0.3, -0.25) is 4.79 Å². The first-order valence-electron chi connectivity index (χ1n) is 9.12. The number of amides is 1. The van der Waals surface area contributed by atoms with Crippen molar-refractivity contribution < 1.29 is 18.3 Å². The van der Waals surface area contributed by atoms with Crippen LogP contribution in [0.25, 0.3) is 11.0 Å². The molecule has 150 valence electrons. The van der Waals surface area contributed by atoms with Crippen LogP contribution in [0.5, 0.6) is 0 Å². The largest absolute Gasteiger partial charge is 0.438 e. The molecule has 0 radical (unpaired) electrons. The van der Waals surface area contributed by atoms with Crippen molar-refractivity contribution in [3.8, 4) is 0 Å². The van der Waals surface area contributed by atoms with Crippen molar-refractivity contribution in [1.29, 1.82) is 0 Å². The number of carbonyl (C=O) groups excluding carboxylic acids is 1. The molecule has 0 saturated carbocycles. The molecule has 0 spiro atoms. The Labute approximate surface area is 176 Å². The first-order valence-corrected chi connectivity index (χ1v) is 9.88. The fourth-order valence-electron chi connectivity index (χ4n) is 3.14. The molecule has 1 amide bonds. The van der Waals surface area contributed by atoms with Crippen molar-refractivity contribution in [2.24, 2.45) is 4.99 Å². The van der Waals surface area contributed by atoms with E-state index < -0.39 is 11.7 Å². The third-order valence-electron chi connectivity index (χ3n) is 4.60. The number of hydrogen-bond donors (Lipinski definition) is 1. The lowest BCUT2D eigenvalue weighted by molar-refractivity contribution is 0.0854. The average Bonchev–Trinajstić information content (AvgIpc) is 3.22. The Kier molecular flexibility index (Phi) is 5.85. The second-order valence-corrected chi connectivity index (χ2v) is 7.57. The topological polar surface area (TPSA) is 63.8 Å². The molecule has 3 aromatic rings. The Hall–Kier alpha value is -2.41. The van der Waals surface area contributed by atoms with Crippen molar-refractivity contribution in [2.45, 2.75) is 18.9 Å². The number of ether oxygens (including phenoxy) is 1. The lowest BCUT2D eigenvalue weighted by Crippen LogP contribution is -2.34. The van der Waals surface area contributed by atoms with E-state index in [9.17, 15) is 9.18 Å². The van der Waals surface area contributed by atoms with E-state index in [0.29, 0.717) is 34.2 Å². The van der Waals surface area contributed by atoms with Crippen LogP contribution in [0.3, 0.4) is 0 Å². The lowest BCUT2D eigenvalue weighted by Gasteiger charge is -2.11. The zero-order valence-corrected chi connectivity index (χ0v) is 16.8. The molecule has 1 aliphatic heterocycles. The van der Waals surface area contributed by atoms with Gasteiger partial charge < -0.3 is 14.5 Å². The van der Waals surface area contributed by atoms with Gasteiger partial charge in [-0.25, -0.2) is 9.38 Å². The van der Waals surface area contributed by atoms with Gasteiger partial charge in [0.15, 0.2) is 0 Å². The maximum Gasteiger partial charge on any atom is 0.256 e. The van der Waals surface area contributed by atoms with Crippen LogP contribution in [0, 0.1) is 5.82 Å². The van der Waals surface area contributed by atoms with E-state index in [2.05, 4.69) is 10.3 Å². The molecule has 0 unspecified atom stereocenters. The molecule has 0 bridgehead atoms. The Morgan fingerprint density at radius 1 is 1.17 bits per heavy atom. The van der Waals surface area contributed by atoms with Gasteiger partial charge in [0, 0.05) is 28.6 Å². The molecule has 1 atom stereocenters. The molecule has 2 aromatic carbocycles. The van der Waals surface area contributed by atoms with Gasteiger partial charge in [0.25, 0.3) is 5.91 Å². The van der Waals surface area contributed by atoms with Crippen LogP contribution in [0.1, 0.15) is 23.2 Å². The van der Waals surface area contributed by atoms with Crippen molar-refractivity contribution in [3.05, 3.63) is 69.4 Å². The van der Waals surface area contributed by atoms with Crippen LogP contribution in [0.4, 0.5) is 10.1 Å². The molecular weight excluding hydrogens is 418 g/mol. The summed E-state index contributed by atoms with van der Waals surface area (Å²) < 4.78 is 25.5. The Bertz CT molecular complexity index is 1140. The predicted octanol–water partition coefficient (Wildman–Crippen LogP) is 5.02. The monoisotopic (exact) mass is 434 g/mol. The van der Waals surface area contributed by atoms with Crippen LogP contribution in [0.2, 0.25) is 10.0 Å². The van der Waals surface area contributed by atoms with Gasteiger partial charge in [0.05, 0.1) is 6.10 Å². The molecule has 8 heteroatoms. The minimum atomic E-state index is -0.577. The van der Waals surface area contributed by atoms with E-state index in [-0.39, 0.29) is 22.9 Å². The Morgan fingerprint density at radius 2 is 1.97 bits per heavy atom. The normalized spacial score (nSPS) is 17.1. The highest BCUT2D eigenvalue weighted by molar-refractivity contribution is 6.31. The highest BCUT2D eigenvalue weighted by Crippen LogP contribution is 2.23. The standard InChI is InChI=1S/C21H17Cl2FN2O3/c22-13-4-6-19-12(8-13)9-16(20(27)25-11-15-2-1-7-28-15)21(29-19)26-18-10-14(23)3-5-17(18)24/h3-6,8-10,15H,1-2,7,11H2,(H,25,27)/t15-/m0/s1. The summed E-state index contributed by atoms with van der Waals surface area (Å²) in [5.41, 5.74) is 0.581. The SMILES string of the molecule is O=C(NC[C@@H]1CCCO1)c1cc2cc(Cl)ccc2oc1=Nc1cc(Cl)ccc1F. The quantitative estimate of drug-likeness (QED) is 0.626. The molecule has 29 heavy (non-hydrogen) atoms. The van der Waals surface area contributed by atoms with Gasteiger partial charge in [-0.15, -0.1) is 0 Å². The molecule has 5 nitrogen and oxygen atoms in total. The minimum absolute atomic E-state index is 0.0171. The number of nitrogens with one attached hydrogen (secondary N) is 1. The summed E-state index contributed by atoms with van der Waals surface area (Å²) in [5, 5.41) is 4.29. The molecule has 1 saturated heterocycles. The molecule has 2 heterocycles. The van der Waals surface area contributed by atoms with Gasteiger partial charge in [-0.2, -0.15) is 0 Å². The Balaban J connectivity index is 1.79. The fraction of sp³-hybridized carbons (Fsp3) is 0.238. The van der Waals surface area contributed by atoms with E-state index in [4.69, 9.17) is 32.4 Å². The summed E-state index contributed by atoms with van der Waals surface area (Å²) in [7, 11) is 0. The second kappa shape index (κ2) is 8.53. The maximum absolute atomic E-state index is 14.2. The summed E-state index contributed by atoms with van der Waals surface area (Å²) in [6, 6.07) is 10.6. The first-order chi connectivity index (χ1) is 14.0. The minimum Gasteiger partial charge on any atom is -0.438 e. The maximum atomic E-state index is 14.2. The number of rotatable bonds is 4. The smallest absolute Gasteiger partial charge is 0.256 e. The number of benzene rings is 2. The summed E-state index contributed by atoms with van der Waals surface area (Å²) in [5.74, 6) is -0.973. The number of hydrogen-bond acceptors (Lipinski definition) is 4. The number of halogens is 3. The number of nitrogens with zero attached hydrogens (tertiary/aromatic N) is 1. The van der Waals surface area contributed by atoms with Crippen LogP contribution in [-0.2, 0) is 4.74 Å². The molecular formula is C21H17Cl2FN2O3. The third kappa shape index (κ3) is 4.61. The third-order valence-corrected chi connectivity index (χ3v) is 5.07. The summed E-state index contributed by atoms with van der Waals surface area (Å²) in [4.78, 5) is 17.1. The van der Waals surface area contributed by atoms with E-state index in [1.165, 1.54) is 18.2 Å². The zero-order chi connectivity index (χ0) is 20.4. The summed E-state index contributed by atoms with van der Waals surface area (Å²) >= 11 is 12.0. The lowest BCUT2D eigenvalue weighted by atomic mass is 10.1. The van der Waals surface area contributed by atoms with E-state index >= 15 is 0 Å². The van der Waals surface area contributed by atoms with Crippen molar-refractivity contribution >= 4 is 45.8 Å². The fourth-order valence-corrected chi connectivity index (χ4v) is 3.48. The average molecular weight is 435 g/mol. The molecule has 1 aromatic heterocycles. The summed E-state index contributed by atoms with van der Waals surface area (Å²) in [6.45, 7) is 1.07. The molecule has 1 N–H and O–H groups in total. The second-order valence-electron chi connectivity index (χ2n) is 6.70. The molecule has 4 rings (SSSR count). The highest BCUT2D eigenvalue weighted by Gasteiger charge is 2.19. The van der Waals surface area contributed by atoms with Gasteiger partial charge >= 0.3 is 0 Å². The molecule has 1 aliphatic rings. The first kappa shape index (κ1) is 19.9. The van der Waals surface area contributed by atoms with Gasteiger partial charge in [0.2, 0.25) is 5.55 Å². The van der Waals surface area contributed by atoms with Gasteiger partial charge in [-0.1, -0.05) is 23.2 Å². The van der Waals surface area contributed by atoms with Crippen molar-refractivity contribution in [3.63, 3.8) is 0 Å². The molecule has 1 fully saturated rings. The van der Waals surface area contributed by atoms with Crippen LogP contribution < -0.4 is 10.9 Å². The van der Waals surface area contributed by atoms with E-state index in [0.717, 1.165) is 12.8 Å². The zero-order valence-electron chi connectivity index (χ0n) is 15.3. The van der Waals surface area contributed by atoms with Crippen molar-refractivity contribution in [2.75, 3.05) is 13.2 Å². The molecule has 0 aliphatic carbocycles.